The number of H-pyrrole nitrogens is 1. The predicted molar refractivity (Wildman–Crippen MR) is 89.1 cm³/mol. The minimum absolute atomic E-state index is 0.266. The van der Waals surface area contributed by atoms with Crippen molar-refractivity contribution in [3.05, 3.63) is 58.0 Å². The van der Waals surface area contributed by atoms with Gasteiger partial charge >= 0.3 is 0 Å². The highest BCUT2D eigenvalue weighted by Gasteiger charge is 2.13. The highest BCUT2D eigenvalue weighted by Crippen LogP contribution is 2.32. The largest absolute Gasteiger partial charge is 0.493 e. The second kappa shape index (κ2) is 6.00. The molecule has 1 heterocycles. The number of aromatic nitrogens is 2. The first-order valence-corrected chi connectivity index (χ1v) is 7.10. The molecule has 0 aliphatic rings. The number of methoxy groups -OCH3 is 2. The number of aromatic amines is 1. The zero-order valence-corrected chi connectivity index (χ0v) is 12.9. The molecule has 3 rings (SSSR count). The summed E-state index contributed by atoms with van der Waals surface area (Å²) in [5.74, 6) is 1.06. The number of nitrogens with one attached hydrogen (secondary N) is 1. The fourth-order valence-corrected chi connectivity index (χ4v) is 2.58. The molecule has 118 valence electrons. The quantitative estimate of drug-likeness (QED) is 0.720. The van der Waals surface area contributed by atoms with Crippen LogP contribution in [-0.2, 0) is 6.42 Å². The molecule has 3 aromatic rings. The molecule has 6 heteroatoms. The molecule has 0 spiro atoms. The lowest BCUT2D eigenvalue weighted by Crippen LogP contribution is -2.12. The van der Waals surface area contributed by atoms with Gasteiger partial charge in [-0.05, 0) is 29.8 Å². The normalized spacial score (nSPS) is 10.7. The molecule has 0 bridgehead atoms. The Morgan fingerprint density at radius 2 is 1.78 bits per heavy atom. The van der Waals surface area contributed by atoms with Gasteiger partial charge in [-0.25, -0.2) is 5.10 Å². The number of ether oxygens (including phenoxy) is 2. The number of anilines is 1. The first-order chi connectivity index (χ1) is 11.1. The van der Waals surface area contributed by atoms with Crippen molar-refractivity contribution < 1.29 is 9.47 Å². The molecule has 0 saturated heterocycles. The van der Waals surface area contributed by atoms with E-state index in [9.17, 15) is 4.79 Å². The molecule has 0 aliphatic heterocycles. The van der Waals surface area contributed by atoms with Crippen LogP contribution in [0.15, 0.2) is 41.2 Å². The lowest BCUT2D eigenvalue weighted by Gasteiger charge is -2.11. The van der Waals surface area contributed by atoms with Crippen LogP contribution in [0.4, 0.5) is 5.69 Å². The summed E-state index contributed by atoms with van der Waals surface area (Å²) in [5.41, 5.74) is 8.00. The van der Waals surface area contributed by atoms with Crippen molar-refractivity contribution in [3.8, 4) is 11.5 Å². The SMILES string of the molecule is COc1cc2c(Cc3cccc(N)c3)n[nH]c(=O)c2cc1OC. The third-order valence-corrected chi connectivity index (χ3v) is 3.69. The fourth-order valence-electron chi connectivity index (χ4n) is 2.58. The van der Waals surface area contributed by atoms with Crippen LogP contribution in [0.25, 0.3) is 10.8 Å². The minimum atomic E-state index is -0.266. The highest BCUT2D eigenvalue weighted by molar-refractivity contribution is 5.87. The molecule has 0 amide bonds. The Hall–Kier alpha value is -3.02. The minimum Gasteiger partial charge on any atom is -0.493 e. The van der Waals surface area contributed by atoms with Gasteiger partial charge in [0.1, 0.15) is 0 Å². The molecule has 6 nitrogen and oxygen atoms in total. The molecule has 0 radical (unpaired) electrons. The van der Waals surface area contributed by atoms with Crippen molar-refractivity contribution >= 4 is 16.5 Å². The summed E-state index contributed by atoms with van der Waals surface area (Å²) >= 11 is 0. The average Bonchev–Trinajstić information content (AvgIpc) is 2.56. The Morgan fingerprint density at radius 1 is 1.09 bits per heavy atom. The van der Waals surface area contributed by atoms with Gasteiger partial charge in [0.25, 0.3) is 5.56 Å². The molecular formula is C17H17N3O3. The molecule has 0 unspecified atom stereocenters. The van der Waals surface area contributed by atoms with E-state index < -0.39 is 0 Å². The summed E-state index contributed by atoms with van der Waals surface area (Å²) in [7, 11) is 3.09. The fraction of sp³-hybridized carbons (Fsp3) is 0.176. The summed E-state index contributed by atoms with van der Waals surface area (Å²) in [4.78, 5) is 12.1. The zero-order valence-electron chi connectivity index (χ0n) is 12.9. The first kappa shape index (κ1) is 14.9. The molecule has 3 N–H and O–H groups in total. The third kappa shape index (κ3) is 2.83. The van der Waals surface area contributed by atoms with Gasteiger partial charge in [-0.2, -0.15) is 5.10 Å². The van der Waals surface area contributed by atoms with Gasteiger partial charge in [-0.15, -0.1) is 0 Å². The Morgan fingerprint density at radius 3 is 2.43 bits per heavy atom. The number of fused-ring (bicyclic) bond motifs is 1. The van der Waals surface area contributed by atoms with E-state index in [4.69, 9.17) is 15.2 Å². The topological polar surface area (TPSA) is 90.2 Å². The van der Waals surface area contributed by atoms with Crippen LogP contribution in [0.2, 0.25) is 0 Å². The maximum atomic E-state index is 12.1. The van der Waals surface area contributed by atoms with Crippen molar-refractivity contribution in [3.63, 3.8) is 0 Å². The average molecular weight is 311 g/mol. The van der Waals surface area contributed by atoms with Crippen LogP contribution in [0, 0.1) is 0 Å². The Labute approximate surface area is 132 Å². The summed E-state index contributed by atoms with van der Waals surface area (Å²) in [6.45, 7) is 0. The standard InChI is InChI=1S/C17H17N3O3/c1-22-15-8-12-13(9-16(15)23-2)17(21)20-19-14(12)7-10-4-3-5-11(18)6-10/h3-6,8-9H,7,18H2,1-2H3,(H,20,21). The molecule has 0 saturated carbocycles. The van der Waals surface area contributed by atoms with Crippen molar-refractivity contribution in [1.29, 1.82) is 0 Å². The van der Waals surface area contributed by atoms with Gasteiger partial charge in [0.2, 0.25) is 0 Å². The van der Waals surface area contributed by atoms with Gasteiger partial charge in [0.15, 0.2) is 11.5 Å². The van der Waals surface area contributed by atoms with Crippen molar-refractivity contribution in [1.82, 2.24) is 10.2 Å². The monoisotopic (exact) mass is 311 g/mol. The van der Waals surface area contributed by atoms with E-state index >= 15 is 0 Å². The van der Waals surface area contributed by atoms with E-state index in [2.05, 4.69) is 10.2 Å². The van der Waals surface area contributed by atoms with Crippen LogP contribution in [0.5, 0.6) is 11.5 Å². The number of nitrogen functional groups attached to an aromatic ring is 1. The van der Waals surface area contributed by atoms with E-state index in [1.54, 1.807) is 19.2 Å². The molecule has 1 aromatic heterocycles. The molecule has 0 aliphatic carbocycles. The molecule has 0 fully saturated rings. The summed E-state index contributed by atoms with van der Waals surface area (Å²) in [5, 5.41) is 7.96. The van der Waals surface area contributed by atoms with Crippen molar-refractivity contribution in [2.75, 3.05) is 20.0 Å². The van der Waals surface area contributed by atoms with Gasteiger partial charge < -0.3 is 15.2 Å². The summed E-state index contributed by atoms with van der Waals surface area (Å²) in [6.07, 6.45) is 0.549. The van der Waals surface area contributed by atoms with Gasteiger partial charge in [0.05, 0.1) is 25.3 Å². The van der Waals surface area contributed by atoms with E-state index in [0.717, 1.165) is 16.6 Å². The number of nitrogens with two attached hydrogens (primary N) is 1. The first-order valence-electron chi connectivity index (χ1n) is 7.10. The van der Waals surface area contributed by atoms with Gasteiger partial charge in [-0.1, -0.05) is 12.1 Å². The summed E-state index contributed by atoms with van der Waals surface area (Å²) in [6, 6.07) is 11.0. The van der Waals surface area contributed by atoms with Crippen LogP contribution in [-0.4, -0.2) is 24.4 Å². The number of hydrogen-bond acceptors (Lipinski definition) is 5. The van der Waals surface area contributed by atoms with E-state index in [1.165, 1.54) is 7.11 Å². The smallest absolute Gasteiger partial charge is 0.272 e. The zero-order chi connectivity index (χ0) is 16.4. The number of nitrogens with zero attached hydrogens (tertiary/aromatic N) is 1. The lowest BCUT2D eigenvalue weighted by atomic mass is 10.0. The molecule has 23 heavy (non-hydrogen) atoms. The van der Waals surface area contributed by atoms with Crippen LogP contribution >= 0.6 is 0 Å². The maximum Gasteiger partial charge on any atom is 0.272 e. The molecule has 0 atom stereocenters. The van der Waals surface area contributed by atoms with E-state index in [1.807, 2.05) is 24.3 Å². The van der Waals surface area contributed by atoms with Gasteiger partial charge in [-0.3, -0.25) is 4.79 Å². The second-order valence-electron chi connectivity index (χ2n) is 5.17. The lowest BCUT2D eigenvalue weighted by molar-refractivity contribution is 0.356. The number of hydrogen-bond donors (Lipinski definition) is 2. The predicted octanol–water partition coefficient (Wildman–Crippen LogP) is 2.11. The van der Waals surface area contributed by atoms with Crippen LogP contribution < -0.4 is 20.8 Å². The molecule has 2 aromatic carbocycles. The summed E-state index contributed by atoms with van der Waals surface area (Å²) < 4.78 is 10.6. The Kier molecular flexibility index (Phi) is 3.89. The van der Waals surface area contributed by atoms with E-state index in [-0.39, 0.29) is 5.56 Å². The third-order valence-electron chi connectivity index (χ3n) is 3.69. The van der Waals surface area contributed by atoms with Gasteiger partial charge in [0, 0.05) is 17.5 Å². The highest BCUT2D eigenvalue weighted by atomic mass is 16.5. The van der Waals surface area contributed by atoms with Crippen LogP contribution in [0.3, 0.4) is 0 Å². The Balaban J connectivity index is 2.17. The van der Waals surface area contributed by atoms with E-state index in [0.29, 0.717) is 29.0 Å². The van der Waals surface area contributed by atoms with Crippen molar-refractivity contribution in [2.24, 2.45) is 0 Å². The second-order valence-corrected chi connectivity index (χ2v) is 5.17. The molecular weight excluding hydrogens is 294 g/mol. The Bertz CT molecular complexity index is 919. The van der Waals surface area contributed by atoms with Crippen molar-refractivity contribution in [2.45, 2.75) is 6.42 Å². The number of benzene rings is 2. The maximum absolute atomic E-state index is 12.1. The van der Waals surface area contributed by atoms with Crippen LogP contribution in [0.1, 0.15) is 11.3 Å². The number of rotatable bonds is 4.